The van der Waals surface area contributed by atoms with E-state index in [-0.39, 0.29) is 11.5 Å². The Hall–Kier alpha value is -3.00. The molecule has 0 spiro atoms. The largest absolute Gasteiger partial charge is 0.508 e. The van der Waals surface area contributed by atoms with Gasteiger partial charge in [-0.3, -0.25) is 0 Å². The van der Waals surface area contributed by atoms with E-state index in [1.807, 2.05) is 0 Å². The smallest absolute Gasteiger partial charge is 0.116 e. The van der Waals surface area contributed by atoms with Gasteiger partial charge in [0.05, 0.1) is 0 Å². The summed E-state index contributed by atoms with van der Waals surface area (Å²) < 4.78 is 0. The Morgan fingerprint density at radius 1 is 0.409 bits per heavy atom. The standard InChI is InChI=1S/C10H8O2.C10H8/c11-9-3-1-7-5-10(12)4-2-8(7)6-9;1-2-6-10-8-4-3-7-9(10)5-1/h1-6,11-12H;1-8H. The topological polar surface area (TPSA) is 40.5 Å². The van der Waals surface area contributed by atoms with Crippen LogP contribution in [0.25, 0.3) is 21.5 Å². The Morgan fingerprint density at radius 3 is 1.14 bits per heavy atom. The minimum Gasteiger partial charge on any atom is -0.508 e. The predicted molar refractivity (Wildman–Crippen MR) is 91.2 cm³/mol. The van der Waals surface area contributed by atoms with Gasteiger partial charge in [-0.2, -0.15) is 0 Å². The van der Waals surface area contributed by atoms with E-state index in [4.69, 9.17) is 10.2 Å². The molecule has 4 aromatic rings. The molecular formula is C20H16O2. The molecule has 0 saturated carbocycles. The fourth-order valence-electron chi connectivity index (χ4n) is 2.35. The highest BCUT2D eigenvalue weighted by Crippen LogP contribution is 2.23. The summed E-state index contributed by atoms with van der Waals surface area (Å²) in [5.74, 6) is 0.487. The van der Waals surface area contributed by atoms with Crippen LogP contribution in [0.5, 0.6) is 11.5 Å². The number of rotatable bonds is 0. The molecule has 0 saturated heterocycles. The molecule has 4 rings (SSSR count). The fourth-order valence-corrected chi connectivity index (χ4v) is 2.35. The van der Waals surface area contributed by atoms with E-state index in [0.717, 1.165) is 10.8 Å². The average molecular weight is 288 g/mol. The third kappa shape index (κ3) is 3.18. The SMILES string of the molecule is Oc1ccc2cc(O)ccc2c1.c1ccc2ccccc2c1. The molecule has 2 heteroatoms. The molecule has 0 unspecified atom stereocenters. The maximum Gasteiger partial charge on any atom is 0.116 e. The Bertz CT molecular complexity index is 807. The summed E-state index contributed by atoms with van der Waals surface area (Å²) in [5, 5.41) is 22.7. The van der Waals surface area contributed by atoms with Crippen LogP contribution in [0.1, 0.15) is 0 Å². The first kappa shape index (κ1) is 14.0. The van der Waals surface area contributed by atoms with E-state index >= 15 is 0 Å². The Morgan fingerprint density at radius 2 is 0.773 bits per heavy atom. The zero-order valence-electron chi connectivity index (χ0n) is 12.0. The molecule has 2 nitrogen and oxygen atoms in total. The molecule has 0 aliphatic heterocycles. The highest BCUT2D eigenvalue weighted by atomic mass is 16.3. The summed E-state index contributed by atoms with van der Waals surface area (Å²) in [6.07, 6.45) is 0. The van der Waals surface area contributed by atoms with Crippen molar-refractivity contribution in [3.8, 4) is 11.5 Å². The molecule has 0 aliphatic carbocycles. The fraction of sp³-hybridized carbons (Fsp3) is 0. The van der Waals surface area contributed by atoms with Crippen LogP contribution in [0.4, 0.5) is 0 Å². The maximum atomic E-state index is 9.14. The van der Waals surface area contributed by atoms with Gasteiger partial charge in [-0.05, 0) is 45.8 Å². The van der Waals surface area contributed by atoms with Crippen molar-refractivity contribution in [2.24, 2.45) is 0 Å². The Labute approximate surface area is 128 Å². The van der Waals surface area contributed by atoms with Gasteiger partial charge >= 0.3 is 0 Å². The zero-order chi connectivity index (χ0) is 15.4. The summed E-state index contributed by atoms with van der Waals surface area (Å²) in [4.78, 5) is 0. The van der Waals surface area contributed by atoms with Gasteiger partial charge in [0.25, 0.3) is 0 Å². The van der Waals surface area contributed by atoms with Gasteiger partial charge in [0.2, 0.25) is 0 Å². The maximum absolute atomic E-state index is 9.14. The molecule has 0 aromatic heterocycles. The van der Waals surface area contributed by atoms with Crippen molar-refractivity contribution in [1.82, 2.24) is 0 Å². The number of phenols is 2. The van der Waals surface area contributed by atoms with Crippen LogP contribution in [-0.4, -0.2) is 10.2 Å². The lowest BCUT2D eigenvalue weighted by molar-refractivity contribution is 0.474. The Kier molecular flexibility index (Phi) is 3.92. The average Bonchev–Trinajstić information content (AvgIpc) is 2.56. The lowest BCUT2D eigenvalue weighted by atomic mass is 10.1. The highest BCUT2D eigenvalue weighted by molar-refractivity contribution is 5.85. The second-order valence-electron chi connectivity index (χ2n) is 5.06. The second-order valence-corrected chi connectivity index (χ2v) is 5.06. The number of hydrogen-bond acceptors (Lipinski definition) is 2. The minimum absolute atomic E-state index is 0.244. The normalized spacial score (nSPS) is 10.2. The van der Waals surface area contributed by atoms with E-state index in [1.54, 1.807) is 36.4 Å². The molecule has 4 aromatic carbocycles. The Balaban J connectivity index is 0.000000133. The third-order valence-electron chi connectivity index (χ3n) is 3.47. The van der Waals surface area contributed by atoms with Gasteiger partial charge in [0, 0.05) is 0 Å². The van der Waals surface area contributed by atoms with Gasteiger partial charge in [0.1, 0.15) is 11.5 Å². The molecule has 0 fully saturated rings. The van der Waals surface area contributed by atoms with Crippen LogP contribution in [0.15, 0.2) is 84.9 Å². The van der Waals surface area contributed by atoms with Crippen LogP contribution in [0, 0.1) is 0 Å². The number of fused-ring (bicyclic) bond motifs is 2. The van der Waals surface area contributed by atoms with E-state index in [0.29, 0.717) is 0 Å². The number of benzene rings is 4. The van der Waals surface area contributed by atoms with E-state index < -0.39 is 0 Å². The van der Waals surface area contributed by atoms with E-state index in [9.17, 15) is 0 Å². The van der Waals surface area contributed by atoms with Crippen molar-refractivity contribution in [2.75, 3.05) is 0 Å². The quantitative estimate of drug-likeness (QED) is 0.473. The number of aromatic hydroxyl groups is 2. The summed E-state index contributed by atoms with van der Waals surface area (Å²) in [6.45, 7) is 0. The molecule has 22 heavy (non-hydrogen) atoms. The van der Waals surface area contributed by atoms with Crippen molar-refractivity contribution in [1.29, 1.82) is 0 Å². The van der Waals surface area contributed by atoms with E-state index in [1.165, 1.54) is 10.8 Å². The van der Waals surface area contributed by atoms with Crippen molar-refractivity contribution < 1.29 is 10.2 Å². The van der Waals surface area contributed by atoms with Crippen molar-refractivity contribution in [3.63, 3.8) is 0 Å². The van der Waals surface area contributed by atoms with Gasteiger partial charge < -0.3 is 10.2 Å². The van der Waals surface area contributed by atoms with Gasteiger partial charge in [-0.25, -0.2) is 0 Å². The first-order chi connectivity index (χ1) is 10.7. The van der Waals surface area contributed by atoms with Crippen LogP contribution >= 0.6 is 0 Å². The van der Waals surface area contributed by atoms with Crippen molar-refractivity contribution in [3.05, 3.63) is 84.9 Å². The predicted octanol–water partition coefficient (Wildman–Crippen LogP) is 5.09. The van der Waals surface area contributed by atoms with Crippen molar-refractivity contribution in [2.45, 2.75) is 0 Å². The first-order valence-corrected chi connectivity index (χ1v) is 7.08. The van der Waals surface area contributed by atoms with Crippen LogP contribution in [0.2, 0.25) is 0 Å². The number of hydrogen-bond donors (Lipinski definition) is 2. The van der Waals surface area contributed by atoms with Gasteiger partial charge in [-0.1, -0.05) is 60.7 Å². The van der Waals surface area contributed by atoms with Gasteiger partial charge in [-0.15, -0.1) is 0 Å². The van der Waals surface area contributed by atoms with E-state index in [2.05, 4.69) is 48.5 Å². The molecule has 0 bridgehead atoms. The van der Waals surface area contributed by atoms with Crippen LogP contribution in [0.3, 0.4) is 0 Å². The second kappa shape index (κ2) is 6.19. The molecule has 0 amide bonds. The summed E-state index contributed by atoms with van der Waals surface area (Å²) in [6, 6.07) is 26.8. The lowest BCUT2D eigenvalue weighted by Crippen LogP contribution is -1.71. The summed E-state index contributed by atoms with van der Waals surface area (Å²) >= 11 is 0. The number of phenolic OH excluding ortho intramolecular Hbond substituents is 2. The minimum atomic E-state index is 0.244. The van der Waals surface area contributed by atoms with Crippen molar-refractivity contribution >= 4 is 21.5 Å². The molecule has 0 radical (unpaired) electrons. The first-order valence-electron chi connectivity index (χ1n) is 7.08. The lowest BCUT2D eigenvalue weighted by Gasteiger charge is -1.98. The molecular weight excluding hydrogens is 272 g/mol. The molecule has 108 valence electrons. The molecule has 0 aliphatic rings. The molecule has 0 atom stereocenters. The molecule has 2 N–H and O–H groups in total. The monoisotopic (exact) mass is 288 g/mol. The summed E-state index contributed by atoms with van der Waals surface area (Å²) in [5.41, 5.74) is 0. The third-order valence-corrected chi connectivity index (χ3v) is 3.47. The van der Waals surface area contributed by atoms with Gasteiger partial charge in [0.15, 0.2) is 0 Å². The summed E-state index contributed by atoms with van der Waals surface area (Å²) in [7, 11) is 0. The van der Waals surface area contributed by atoms with Crippen LogP contribution in [-0.2, 0) is 0 Å². The van der Waals surface area contributed by atoms with Crippen LogP contribution < -0.4 is 0 Å². The molecule has 0 heterocycles. The highest BCUT2D eigenvalue weighted by Gasteiger charge is 1.95. The zero-order valence-corrected chi connectivity index (χ0v) is 12.0.